The molecule has 1 atom stereocenters. The number of allylic oxidation sites excluding steroid dienone is 2. The zero-order valence-corrected chi connectivity index (χ0v) is 7.55. The number of rotatable bonds is 1. The lowest BCUT2D eigenvalue weighted by Crippen LogP contribution is -2.16. The number of hydrogen-bond acceptors (Lipinski definition) is 1. The van der Waals surface area contributed by atoms with Crippen molar-refractivity contribution in [1.29, 1.82) is 0 Å². The van der Waals surface area contributed by atoms with E-state index in [1.165, 1.54) is 0 Å². The summed E-state index contributed by atoms with van der Waals surface area (Å²) in [4.78, 5) is 11.4. The quantitative estimate of drug-likeness (QED) is 0.564. The van der Waals surface area contributed by atoms with Gasteiger partial charge in [0, 0.05) is 6.42 Å². The molecule has 0 N–H and O–H groups in total. The van der Waals surface area contributed by atoms with Crippen molar-refractivity contribution >= 4 is 5.78 Å². The molecule has 0 radical (unpaired) electrons. The molecule has 0 heterocycles. The molecular weight excluding hydrogens is 136 g/mol. The fraction of sp³-hybridized carbons (Fsp3) is 0.700. The number of hydrogen-bond donors (Lipinski definition) is 0. The monoisotopic (exact) mass is 152 g/mol. The van der Waals surface area contributed by atoms with E-state index in [4.69, 9.17) is 0 Å². The van der Waals surface area contributed by atoms with Gasteiger partial charge in [-0.15, -0.1) is 0 Å². The predicted molar refractivity (Wildman–Crippen MR) is 46.3 cm³/mol. The van der Waals surface area contributed by atoms with Crippen LogP contribution in [0.25, 0.3) is 0 Å². The van der Waals surface area contributed by atoms with Crippen LogP contribution >= 0.6 is 0 Å². The predicted octanol–water partition coefficient (Wildman–Crippen LogP) is 2.57. The first-order valence-electron chi connectivity index (χ1n) is 4.34. The highest BCUT2D eigenvalue weighted by Gasteiger charge is 2.20. The van der Waals surface area contributed by atoms with Crippen LogP contribution in [0, 0.1) is 11.8 Å². The van der Waals surface area contributed by atoms with Crippen molar-refractivity contribution in [3.05, 3.63) is 11.6 Å². The van der Waals surface area contributed by atoms with Crippen molar-refractivity contribution in [3.8, 4) is 0 Å². The average Bonchev–Trinajstić information content (AvgIpc) is 1.85. The van der Waals surface area contributed by atoms with Crippen LogP contribution in [0.3, 0.4) is 0 Å². The van der Waals surface area contributed by atoms with E-state index < -0.39 is 0 Å². The summed E-state index contributed by atoms with van der Waals surface area (Å²) in [5.41, 5.74) is 1.04. The Morgan fingerprint density at radius 3 is 2.64 bits per heavy atom. The zero-order valence-electron chi connectivity index (χ0n) is 7.55. The summed E-state index contributed by atoms with van der Waals surface area (Å²) in [5, 5.41) is 0. The van der Waals surface area contributed by atoms with Crippen molar-refractivity contribution in [3.63, 3.8) is 0 Å². The van der Waals surface area contributed by atoms with Crippen molar-refractivity contribution in [2.75, 3.05) is 0 Å². The smallest absolute Gasteiger partial charge is 0.159 e. The number of ketones is 1. The number of carbonyl (C=O) groups excluding carboxylic acids is 1. The minimum atomic E-state index is 0.360. The van der Waals surface area contributed by atoms with Crippen molar-refractivity contribution in [2.24, 2.45) is 11.8 Å². The molecule has 1 rings (SSSR count). The number of carbonyl (C=O) groups is 1. The van der Waals surface area contributed by atoms with E-state index in [2.05, 4.69) is 26.8 Å². The van der Waals surface area contributed by atoms with Crippen LogP contribution < -0.4 is 0 Å². The van der Waals surface area contributed by atoms with Gasteiger partial charge in [0.1, 0.15) is 0 Å². The highest BCUT2D eigenvalue weighted by Crippen LogP contribution is 2.24. The van der Waals surface area contributed by atoms with Gasteiger partial charge in [0.25, 0.3) is 0 Å². The summed E-state index contributed by atoms with van der Waals surface area (Å²) in [6, 6.07) is 0. The molecule has 0 unspecified atom stereocenters. The van der Waals surface area contributed by atoms with E-state index in [-0.39, 0.29) is 0 Å². The summed E-state index contributed by atoms with van der Waals surface area (Å²) in [5.74, 6) is 1.33. The minimum absolute atomic E-state index is 0.360. The van der Waals surface area contributed by atoms with Gasteiger partial charge in [-0.2, -0.15) is 0 Å². The van der Waals surface area contributed by atoms with Gasteiger partial charge in [-0.05, 0) is 23.8 Å². The van der Waals surface area contributed by atoms with Gasteiger partial charge in [0.05, 0.1) is 0 Å². The molecule has 0 spiro atoms. The highest BCUT2D eigenvalue weighted by molar-refractivity contribution is 5.96. The van der Waals surface area contributed by atoms with E-state index in [0.717, 1.165) is 18.4 Å². The molecule has 0 amide bonds. The first-order valence-corrected chi connectivity index (χ1v) is 4.34. The van der Waals surface area contributed by atoms with E-state index in [0.29, 0.717) is 17.6 Å². The third-order valence-electron chi connectivity index (χ3n) is 2.22. The topological polar surface area (TPSA) is 17.1 Å². The highest BCUT2D eigenvalue weighted by atomic mass is 16.1. The second-order valence-corrected chi connectivity index (χ2v) is 3.78. The molecule has 1 nitrogen and oxygen atoms in total. The Hall–Kier alpha value is -0.590. The molecule has 0 fully saturated rings. The molecular formula is C10H16O. The van der Waals surface area contributed by atoms with E-state index in [1.54, 1.807) is 0 Å². The van der Waals surface area contributed by atoms with Gasteiger partial charge >= 0.3 is 0 Å². The summed E-state index contributed by atoms with van der Waals surface area (Å²) in [7, 11) is 0. The Balaban J connectivity index is 2.73. The first-order chi connectivity index (χ1) is 5.11. The maximum Gasteiger partial charge on any atom is 0.159 e. The lowest BCUT2D eigenvalue weighted by Gasteiger charge is -2.19. The second-order valence-electron chi connectivity index (χ2n) is 3.78. The summed E-state index contributed by atoms with van der Waals surface area (Å²) >= 11 is 0. The van der Waals surface area contributed by atoms with Crippen LogP contribution in [0.4, 0.5) is 0 Å². The van der Waals surface area contributed by atoms with Crippen LogP contribution in [0.15, 0.2) is 11.6 Å². The SMILES string of the molecule is CC(C)C1=CC[C@H](C)CC1=O. The Morgan fingerprint density at radius 1 is 1.55 bits per heavy atom. The Labute approximate surface area is 68.5 Å². The third-order valence-corrected chi connectivity index (χ3v) is 2.22. The molecule has 0 aromatic rings. The van der Waals surface area contributed by atoms with Crippen LogP contribution in [0.5, 0.6) is 0 Å². The van der Waals surface area contributed by atoms with Crippen LogP contribution in [0.2, 0.25) is 0 Å². The molecule has 1 aliphatic rings. The maximum atomic E-state index is 11.4. The minimum Gasteiger partial charge on any atom is -0.295 e. The van der Waals surface area contributed by atoms with Crippen molar-refractivity contribution in [1.82, 2.24) is 0 Å². The summed E-state index contributed by atoms with van der Waals surface area (Å²) in [6.07, 6.45) is 3.95. The van der Waals surface area contributed by atoms with Gasteiger partial charge in [-0.1, -0.05) is 26.8 Å². The van der Waals surface area contributed by atoms with Crippen molar-refractivity contribution < 1.29 is 4.79 Å². The first kappa shape index (κ1) is 8.51. The van der Waals surface area contributed by atoms with Gasteiger partial charge < -0.3 is 0 Å². The molecule has 1 aliphatic carbocycles. The standard InChI is InChI=1S/C10H16O/c1-7(2)9-5-4-8(3)6-10(9)11/h5,7-8H,4,6H2,1-3H3/t8-/m0/s1. The van der Waals surface area contributed by atoms with Crippen LogP contribution in [-0.2, 0) is 4.79 Å². The fourth-order valence-corrected chi connectivity index (χ4v) is 1.52. The van der Waals surface area contributed by atoms with Crippen LogP contribution in [0.1, 0.15) is 33.6 Å². The second kappa shape index (κ2) is 3.21. The molecule has 0 aliphatic heterocycles. The van der Waals surface area contributed by atoms with E-state index in [1.807, 2.05) is 0 Å². The largest absolute Gasteiger partial charge is 0.295 e. The lowest BCUT2D eigenvalue weighted by molar-refractivity contribution is -0.117. The molecule has 0 aromatic carbocycles. The van der Waals surface area contributed by atoms with Crippen molar-refractivity contribution in [2.45, 2.75) is 33.6 Å². The van der Waals surface area contributed by atoms with Gasteiger partial charge in [-0.3, -0.25) is 4.79 Å². The molecule has 11 heavy (non-hydrogen) atoms. The molecule has 0 saturated carbocycles. The Morgan fingerprint density at radius 2 is 2.18 bits per heavy atom. The summed E-state index contributed by atoms with van der Waals surface area (Å²) < 4.78 is 0. The zero-order chi connectivity index (χ0) is 8.43. The van der Waals surface area contributed by atoms with Crippen LogP contribution in [-0.4, -0.2) is 5.78 Å². The van der Waals surface area contributed by atoms with E-state index in [9.17, 15) is 4.79 Å². The Bertz CT molecular complexity index is 189. The van der Waals surface area contributed by atoms with Gasteiger partial charge in [-0.25, -0.2) is 0 Å². The number of Topliss-reactive ketones (excluding diaryl/α,β-unsaturated/α-hetero) is 1. The third kappa shape index (κ3) is 1.92. The molecule has 0 saturated heterocycles. The van der Waals surface area contributed by atoms with Gasteiger partial charge in [0.15, 0.2) is 5.78 Å². The average molecular weight is 152 g/mol. The normalized spacial score (nSPS) is 25.6. The van der Waals surface area contributed by atoms with Gasteiger partial charge in [0.2, 0.25) is 0 Å². The summed E-state index contributed by atoms with van der Waals surface area (Å²) in [6.45, 7) is 6.30. The lowest BCUT2D eigenvalue weighted by atomic mass is 9.85. The van der Waals surface area contributed by atoms with E-state index >= 15 is 0 Å². The molecule has 0 aromatic heterocycles. The maximum absolute atomic E-state index is 11.4. The Kier molecular flexibility index (Phi) is 2.48. The molecule has 1 heteroatoms. The molecule has 0 bridgehead atoms. The molecule has 62 valence electrons. The fourth-order valence-electron chi connectivity index (χ4n) is 1.52.